The molecule has 0 amide bonds. The predicted octanol–water partition coefficient (Wildman–Crippen LogP) is 8.51. The number of aromatic nitrogens is 1. The zero-order valence-electron chi connectivity index (χ0n) is 22.7. The van der Waals surface area contributed by atoms with Crippen molar-refractivity contribution in [1.82, 2.24) is 0 Å². The Kier molecular flexibility index (Phi) is 5.90. The van der Waals surface area contributed by atoms with Crippen LogP contribution in [0.4, 0.5) is 0 Å². The van der Waals surface area contributed by atoms with Gasteiger partial charge in [0.25, 0.3) is 0 Å². The van der Waals surface area contributed by atoms with Crippen LogP contribution in [0.2, 0.25) is 0 Å². The monoisotopic (exact) mass is 515 g/mol. The molecule has 1 aromatic heterocycles. The van der Waals surface area contributed by atoms with E-state index in [0.29, 0.717) is 0 Å². The highest BCUT2D eigenvalue weighted by molar-refractivity contribution is 6.10. The topological polar surface area (TPSA) is 16.2 Å². The predicted molar refractivity (Wildman–Crippen MR) is 166 cm³/mol. The van der Waals surface area contributed by atoms with Gasteiger partial charge >= 0.3 is 0 Å². The van der Waals surface area contributed by atoms with Crippen molar-refractivity contribution in [2.24, 2.45) is 4.99 Å². The van der Waals surface area contributed by atoms with Crippen molar-refractivity contribution in [2.75, 3.05) is 0 Å². The maximum absolute atomic E-state index is 5.15. The van der Waals surface area contributed by atoms with Gasteiger partial charge in [-0.05, 0) is 46.9 Å². The summed E-state index contributed by atoms with van der Waals surface area (Å²) in [4.78, 5) is 5.15. The summed E-state index contributed by atoms with van der Waals surface area (Å²) >= 11 is 0. The van der Waals surface area contributed by atoms with Crippen LogP contribution in [0.5, 0.6) is 0 Å². The second-order valence-electron chi connectivity index (χ2n) is 10.7. The summed E-state index contributed by atoms with van der Waals surface area (Å²) in [6.45, 7) is 10.5. The van der Waals surface area contributed by atoms with Gasteiger partial charge in [-0.3, -0.25) is 4.99 Å². The van der Waals surface area contributed by atoms with E-state index in [9.17, 15) is 0 Å². The van der Waals surface area contributed by atoms with Crippen molar-refractivity contribution in [1.29, 1.82) is 0 Å². The fourth-order valence-electron chi connectivity index (χ4n) is 6.65. The van der Waals surface area contributed by atoms with Crippen LogP contribution >= 0.6 is 0 Å². The largest absolute Gasteiger partial charge is 0.276 e. The maximum Gasteiger partial charge on any atom is 0.214 e. The average molecular weight is 516 g/mol. The van der Waals surface area contributed by atoms with Crippen LogP contribution in [0.3, 0.4) is 0 Å². The first kappa shape index (κ1) is 24.2. The number of benzene rings is 4. The third kappa shape index (κ3) is 3.79. The van der Waals surface area contributed by atoms with Crippen LogP contribution < -0.4 is 4.57 Å². The number of aryl methyl sites for hydroxylation is 1. The molecule has 3 unspecified atom stereocenters. The molecular formula is C38H31N2+. The van der Waals surface area contributed by atoms with Crippen molar-refractivity contribution in [3.8, 4) is 33.5 Å². The number of rotatable bonds is 5. The Hall–Kier alpha value is -4.82. The molecule has 3 atom stereocenters. The third-order valence-electron chi connectivity index (χ3n) is 8.48. The molecule has 0 saturated heterocycles. The fourth-order valence-corrected chi connectivity index (χ4v) is 6.65. The number of nitrogens with zero attached hydrogens (tertiary/aromatic N) is 2. The van der Waals surface area contributed by atoms with E-state index in [4.69, 9.17) is 4.99 Å². The Morgan fingerprint density at radius 3 is 2.10 bits per heavy atom. The maximum atomic E-state index is 5.15. The molecule has 7 rings (SSSR count). The van der Waals surface area contributed by atoms with Crippen LogP contribution in [-0.4, -0.2) is 11.8 Å². The van der Waals surface area contributed by atoms with Crippen LogP contribution in [0.25, 0.3) is 33.5 Å². The van der Waals surface area contributed by atoms with E-state index < -0.39 is 0 Å². The number of hydrogen-bond donors (Lipinski definition) is 0. The van der Waals surface area contributed by atoms with Gasteiger partial charge < -0.3 is 0 Å². The molecule has 0 fully saturated rings. The molecule has 2 aliphatic heterocycles. The van der Waals surface area contributed by atoms with Gasteiger partial charge in [-0.15, -0.1) is 6.58 Å². The average Bonchev–Trinajstić information content (AvgIpc) is 3.32. The summed E-state index contributed by atoms with van der Waals surface area (Å²) in [6, 6.07) is 39.4. The van der Waals surface area contributed by atoms with Crippen molar-refractivity contribution in [2.45, 2.75) is 24.9 Å². The number of fused-ring (bicyclic) bond motifs is 4. The number of pyridine rings is 1. The standard InChI is InChI=1S/C38H31N2/c1-4-34-29-18-12-13-19-30(29)37(35(5-2)39-34)38-31-21-20-28(26-14-8-6-9-15-26)22-33(31)36-23-32(25(3)24-40(36)38)27-16-10-7-11-17-27/h4-24,35,37-38H,1-2H2,3H3/q+1. The zero-order chi connectivity index (χ0) is 27.2. The molecule has 192 valence electrons. The highest BCUT2D eigenvalue weighted by Gasteiger charge is 2.47. The van der Waals surface area contributed by atoms with Gasteiger partial charge in [-0.1, -0.05) is 110 Å². The molecule has 4 aromatic carbocycles. The molecule has 0 N–H and O–H groups in total. The number of hydrogen-bond acceptors (Lipinski definition) is 1. The van der Waals surface area contributed by atoms with E-state index in [1.165, 1.54) is 50.2 Å². The minimum absolute atomic E-state index is 0.0675. The summed E-state index contributed by atoms with van der Waals surface area (Å²) in [6.07, 6.45) is 6.23. The second-order valence-corrected chi connectivity index (χ2v) is 10.7. The minimum Gasteiger partial charge on any atom is -0.276 e. The Balaban J connectivity index is 1.49. The first-order valence-corrected chi connectivity index (χ1v) is 13.9. The molecule has 2 nitrogen and oxygen atoms in total. The number of aliphatic imine (C=N–C) groups is 1. The molecule has 0 spiro atoms. The quantitative estimate of drug-likeness (QED) is 0.165. The first-order valence-electron chi connectivity index (χ1n) is 13.9. The Labute approximate surface area is 236 Å². The van der Waals surface area contributed by atoms with Crippen LogP contribution in [-0.2, 0) is 0 Å². The van der Waals surface area contributed by atoms with E-state index in [1.807, 2.05) is 12.2 Å². The zero-order valence-corrected chi connectivity index (χ0v) is 22.7. The molecule has 0 bridgehead atoms. The summed E-state index contributed by atoms with van der Waals surface area (Å²) in [5.41, 5.74) is 13.4. The lowest BCUT2D eigenvalue weighted by Crippen LogP contribution is -2.45. The van der Waals surface area contributed by atoms with E-state index in [1.54, 1.807) is 0 Å². The molecule has 0 aliphatic carbocycles. The van der Waals surface area contributed by atoms with E-state index >= 15 is 0 Å². The third-order valence-corrected chi connectivity index (χ3v) is 8.48. The minimum atomic E-state index is -0.0675. The molecule has 2 aliphatic rings. The summed E-state index contributed by atoms with van der Waals surface area (Å²) < 4.78 is 2.49. The lowest BCUT2D eigenvalue weighted by atomic mass is 9.77. The van der Waals surface area contributed by atoms with Gasteiger partial charge in [0, 0.05) is 22.8 Å². The molecule has 0 saturated carbocycles. The van der Waals surface area contributed by atoms with E-state index in [-0.39, 0.29) is 18.0 Å². The van der Waals surface area contributed by atoms with Crippen molar-refractivity contribution < 1.29 is 4.57 Å². The van der Waals surface area contributed by atoms with Gasteiger partial charge in [0.1, 0.15) is 0 Å². The lowest BCUT2D eigenvalue weighted by Gasteiger charge is -2.31. The fraction of sp³-hybridized carbons (Fsp3) is 0.105. The number of allylic oxidation sites excluding steroid dienone is 1. The van der Waals surface area contributed by atoms with Crippen LogP contribution in [0.15, 0.2) is 146 Å². The van der Waals surface area contributed by atoms with E-state index in [0.717, 1.165) is 11.3 Å². The van der Waals surface area contributed by atoms with Crippen molar-refractivity contribution in [3.05, 3.63) is 163 Å². The normalized spacial score (nSPS) is 18.7. The molecule has 5 aromatic rings. The molecular weight excluding hydrogens is 484 g/mol. The van der Waals surface area contributed by atoms with Crippen LogP contribution in [0, 0.1) is 6.92 Å². The van der Waals surface area contributed by atoms with Crippen molar-refractivity contribution >= 4 is 5.71 Å². The lowest BCUT2D eigenvalue weighted by molar-refractivity contribution is -0.701. The Morgan fingerprint density at radius 1 is 0.675 bits per heavy atom. The molecule has 2 heteroatoms. The van der Waals surface area contributed by atoms with Crippen LogP contribution in [0.1, 0.15) is 34.2 Å². The van der Waals surface area contributed by atoms with Gasteiger partial charge in [0.2, 0.25) is 5.69 Å². The second kappa shape index (κ2) is 9.73. The van der Waals surface area contributed by atoms with Gasteiger partial charge in [0.05, 0.1) is 23.2 Å². The highest BCUT2D eigenvalue weighted by Crippen LogP contribution is 2.48. The molecule has 40 heavy (non-hydrogen) atoms. The molecule has 0 radical (unpaired) electrons. The first-order chi connectivity index (χ1) is 19.7. The van der Waals surface area contributed by atoms with Gasteiger partial charge in [0.15, 0.2) is 12.2 Å². The highest BCUT2D eigenvalue weighted by atomic mass is 15.1. The van der Waals surface area contributed by atoms with Gasteiger partial charge in [-0.2, -0.15) is 4.57 Å². The SMILES string of the molecule is C=CC1=NC(C=C)C(C2c3ccc(-c4ccccc4)cc3-c3cc(-c4ccccc4)c(C)c[n+]32)c2ccccc21. The Bertz CT molecular complexity index is 1800. The van der Waals surface area contributed by atoms with Crippen molar-refractivity contribution in [3.63, 3.8) is 0 Å². The van der Waals surface area contributed by atoms with Gasteiger partial charge in [-0.25, -0.2) is 0 Å². The smallest absolute Gasteiger partial charge is 0.214 e. The summed E-state index contributed by atoms with van der Waals surface area (Å²) in [7, 11) is 0. The van der Waals surface area contributed by atoms with E-state index in [2.05, 4.69) is 140 Å². The summed E-state index contributed by atoms with van der Waals surface area (Å²) in [5.74, 6) is 0.104. The Morgan fingerprint density at radius 2 is 1.38 bits per heavy atom. The summed E-state index contributed by atoms with van der Waals surface area (Å²) in [5, 5.41) is 0. The molecule has 3 heterocycles.